The lowest BCUT2D eigenvalue weighted by atomic mass is 10.2. The van der Waals surface area contributed by atoms with Gasteiger partial charge in [-0.25, -0.2) is 8.42 Å². The number of terminal acetylenes is 1. The molecule has 0 saturated carbocycles. The Morgan fingerprint density at radius 2 is 2.16 bits per heavy atom. The van der Waals surface area contributed by atoms with Crippen molar-refractivity contribution in [1.82, 2.24) is 4.31 Å². The number of hydrogen-bond acceptors (Lipinski definition) is 3. The summed E-state index contributed by atoms with van der Waals surface area (Å²) in [4.78, 5) is 0.137. The van der Waals surface area contributed by atoms with E-state index in [2.05, 4.69) is 5.92 Å². The lowest BCUT2D eigenvalue weighted by Gasteiger charge is -2.19. The molecule has 0 fully saturated rings. The topological polar surface area (TPSA) is 63.4 Å². The van der Waals surface area contributed by atoms with Gasteiger partial charge in [0.05, 0.1) is 11.4 Å². The number of nitrogens with zero attached hydrogens (tertiary/aromatic N) is 1. The standard InChI is InChI=1S/C13H17ClN2O2S/c1-3-7-16(8-4-2)19(17,18)12-6-5-11(10-15)13(14)9-12/h1,5-6,9H,4,7-8,10,15H2,2H3. The van der Waals surface area contributed by atoms with Crippen LogP contribution in [0.15, 0.2) is 23.1 Å². The summed E-state index contributed by atoms with van der Waals surface area (Å²) in [7, 11) is -3.61. The van der Waals surface area contributed by atoms with Gasteiger partial charge in [-0.05, 0) is 24.1 Å². The number of halogens is 1. The van der Waals surface area contributed by atoms with E-state index in [1.165, 1.54) is 16.4 Å². The molecule has 0 unspecified atom stereocenters. The van der Waals surface area contributed by atoms with Crippen LogP contribution in [0.2, 0.25) is 5.02 Å². The van der Waals surface area contributed by atoms with Crippen molar-refractivity contribution in [3.63, 3.8) is 0 Å². The largest absolute Gasteiger partial charge is 0.326 e. The molecule has 104 valence electrons. The van der Waals surface area contributed by atoms with E-state index in [4.69, 9.17) is 23.8 Å². The van der Waals surface area contributed by atoms with Gasteiger partial charge in [-0.2, -0.15) is 4.31 Å². The third-order valence-electron chi connectivity index (χ3n) is 2.62. The average molecular weight is 301 g/mol. The van der Waals surface area contributed by atoms with Crippen LogP contribution in [0.25, 0.3) is 0 Å². The summed E-state index contributed by atoms with van der Waals surface area (Å²) in [6.45, 7) is 2.58. The van der Waals surface area contributed by atoms with Gasteiger partial charge in [0.1, 0.15) is 0 Å². The van der Waals surface area contributed by atoms with Crippen LogP contribution < -0.4 is 5.73 Å². The minimum atomic E-state index is -3.61. The van der Waals surface area contributed by atoms with E-state index in [1.54, 1.807) is 6.07 Å². The maximum absolute atomic E-state index is 12.4. The summed E-state index contributed by atoms with van der Waals surface area (Å²) < 4.78 is 26.1. The second-order valence-electron chi connectivity index (χ2n) is 4.00. The van der Waals surface area contributed by atoms with Crippen LogP contribution in [-0.2, 0) is 16.6 Å². The van der Waals surface area contributed by atoms with Gasteiger partial charge >= 0.3 is 0 Å². The van der Waals surface area contributed by atoms with Crippen molar-refractivity contribution < 1.29 is 8.42 Å². The van der Waals surface area contributed by atoms with Crippen molar-refractivity contribution in [3.8, 4) is 12.3 Å². The van der Waals surface area contributed by atoms with Crippen LogP contribution >= 0.6 is 11.6 Å². The lowest BCUT2D eigenvalue weighted by Crippen LogP contribution is -2.32. The molecule has 0 bridgehead atoms. The van der Waals surface area contributed by atoms with Crippen LogP contribution in [0.4, 0.5) is 0 Å². The summed E-state index contributed by atoms with van der Waals surface area (Å²) >= 11 is 5.99. The predicted octanol–water partition coefficient (Wildman–Crippen LogP) is 1.83. The van der Waals surface area contributed by atoms with E-state index in [9.17, 15) is 8.42 Å². The Morgan fingerprint density at radius 1 is 1.47 bits per heavy atom. The number of benzene rings is 1. The molecule has 1 aromatic rings. The van der Waals surface area contributed by atoms with E-state index in [0.717, 1.165) is 0 Å². The normalized spacial score (nSPS) is 11.5. The minimum absolute atomic E-state index is 0.0480. The Labute approximate surface area is 119 Å². The van der Waals surface area contributed by atoms with Crippen LogP contribution in [-0.4, -0.2) is 25.8 Å². The molecule has 0 aromatic heterocycles. The van der Waals surface area contributed by atoms with E-state index in [-0.39, 0.29) is 18.0 Å². The summed E-state index contributed by atoms with van der Waals surface area (Å²) in [5.41, 5.74) is 6.20. The molecular formula is C13H17ClN2O2S. The smallest absolute Gasteiger partial charge is 0.243 e. The highest BCUT2D eigenvalue weighted by Gasteiger charge is 2.23. The molecule has 0 aliphatic heterocycles. The van der Waals surface area contributed by atoms with Gasteiger partial charge in [0.2, 0.25) is 10.0 Å². The van der Waals surface area contributed by atoms with E-state index in [0.29, 0.717) is 23.6 Å². The molecule has 0 spiro atoms. The van der Waals surface area contributed by atoms with Crippen LogP contribution in [0.3, 0.4) is 0 Å². The van der Waals surface area contributed by atoms with E-state index < -0.39 is 10.0 Å². The van der Waals surface area contributed by atoms with Gasteiger partial charge < -0.3 is 5.73 Å². The third-order valence-corrected chi connectivity index (χ3v) is 4.82. The van der Waals surface area contributed by atoms with Gasteiger partial charge in [0.25, 0.3) is 0 Å². The number of hydrogen-bond donors (Lipinski definition) is 1. The molecule has 0 aliphatic carbocycles. The zero-order valence-corrected chi connectivity index (χ0v) is 12.3. The van der Waals surface area contributed by atoms with Crippen molar-refractivity contribution in [2.75, 3.05) is 13.1 Å². The second kappa shape index (κ2) is 6.92. The maximum Gasteiger partial charge on any atom is 0.243 e. The highest BCUT2D eigenvalue weighted by Crippen LogP contribution is 2.23. The molecule has 2 N–H and O–H groups in total. The zero-order chi connectivity index (χ0) is 14.5. The first-order valence-electron chi connectivity index (χ1n) is 5.89. The SMILES string of the molecule is C#CCN(CCC)S(=O)(=O)c1ccc(CN)c(Cl)c1. The predicted molar refractivity (Wildman–Crippen MR) is 77.2 cm³/mol. The Kier molecular flexibility index (Phi) is 5.83. The van der Waals surface area contributed by atoms with E-state index in [1.807, 2.05) is 6.92 Å². The highest BCUT2D eigenvalue weighted by atomic mass is 35.5. The molecule has 0 radical (unpaired) electrons. The maximum atomic E-state index is 12.4. The van der Waals surface area contributed by atoms with Gasteiger partial charge in [-0.3, -0.25) is 0 Å². The fourth-order valence-corrected chi connectivity index (χ4v) is 3.43. The molecular weight excluding hydrogens is 284 g/mol. The van der Waals surface area contributed by atoms with Crippen molar-refractivity contribution in [2.24, 2.45) is 5.73 Å². The summed E-state index contributed by atoms with van der Waals surface area (Å²) in [6.07, 6.45) is 5.90. The quantitative estimate of drug-likeness (QED) is 0.815. The Balaban J connectivity index is 3.18. The summed E-state index contributed by atoms with van der Waals surface area (Å²) in [5, 5.41) is 0.348. The van der Waals surface area contributed by atoms with Crippen molar-refractivity contribution in [2.45, 2.75) is 24.8 Å². The van der Waals surface area contributed by atoms with Gasteiger partial charge in [-0.15, -0.1) is 6.42 Å². The fraction of sp³-hybridized carbons (Fsp3) is 0.385. The van der Waals surface area contributed by atoms with Gasteiger partial charge in [-0.1, -0.05) is 30.5 Å². The summed E-state index contributed by atoms with van der Waals surface area (Å²) in [5.74, 6) is 2.36. The Morgan fingerprint density at radius 3 is 2.63 bits per heavy atom. The molecule has 0 saturated heterocycles. The van der Waals surface area contributed by atoms with Crippen LogP contribution in [0, 0.1) is 12.3 Å². The molecule has 4 nitrogen and oxygen atoms in total. The lowest BCUT2D eigenvalue weighted by molar-refractivity contribution is 0.445. The van der Waals surface area contributed by atoms with Crippen molar-refractivity contribution in [1.29, 1.82) is 0 Å². The number of sulfonamides is 1. The molecule has 19 heavy (non-hydrogen) atoms. The van der Waals surface area contributed by atoms with E-state index >= 15 is 0 Å². The van der Waals surface area contributed by atoms with Crippen molar-refractivity contribution in [3.05, 3.63) is 28.8 Å². The fourth-order valence-electron chi connectivity index (χ4n) is 1.64. The second-order valence-corrected chi connectivity index (χ2v) is 6.35. The monoisotopic (exact) mass is 300 g/mol. The van der Waals surface area contributed by atoms with Crippen molar-refractivity contribution >= 4 is 21.6 Å². The molecule has 0 amide bonds. The van der Waals surface area contributed by atoms with Crippen LogP contribution in [0.1, 0.15) is 18.9 Å². The zero-order valence-electron chi connectivity index (χ0n) is 10.8. The first-order valence-corrected chi connectivity index (χ1v) is 7.71. The number of rotatable bonds is 6. The minimum Gasteiger partial charge on any atom is -0.326 e. The molecule has 0 heterocycles. The van der Waals surface area contributed by atoms with Gasteiger partial charge in [0, 0.05) is 18.1 Å². The van der Waals surface area contributed by atoms with Crippen LogP contribution in [0.5, 0.6) is 0 Å². The molecule has 6 heteroatoms. The Hall–Kier alpha value is -1.06. The number of nitrogens with two attached hydrogens (primary N) is 1. The molecule has 0 aliphatic rings. The summed E-state index contributed by atoms with van der Waals surface area (Å²) in [6, 6.07) is 4.54. The first kappa shape index (κ1) is 16.0. The molecule has 1 aromatic carbocycles. The Bertz CT molecular complexity index is 579. The third kappa shape index (κ3) is 3.71. The molecule has 1 rings (SSSR count). The first-order chi connectivity index (χ1) is 8.97. The molecule has 0 atom stereocenters. The van der Waals surface area contributed by atoms with Gasteiger partial charge in [0.15, 0.2) is 0 Å². The highest BCUT2D eigenvalue weighted by molar-refractivity contribution is 7.89. The average Bonchev–Trinajstić information content (AvgIpc) is 2.38.